The van der Waals surface area contributed by atoms with E-state index in [4.69, 9.17) is 4.42 Å². The van der Waals surface area contributed by atoms with Gasteiger partial charge in [-0.3, -0.25) is 0 Å². The van der Waals surface area contributed by atoms with Crippen molar-refractivity contribution in [3.05, 3.63) is 24.2 Å². The molecule has 0 saturated carbocycles. The first-order chi connectivity index (χ1) is 7.09. The predicted molar refractivity (Wildman–Crippen MR) is 60.6 cm³/mol. The quantitative estimate of drug-likeness (QED) is 0.759. The van der Waals surface area contributed by atoms with Gasteiger partial charge in [-0.2, -0.15) is 0 Å². The van der Waals surface area contributed by atoms with E-state index in [9.17, 15) is 5.11 Å². The smallest absolute Gasteiger partial charge is 0.133 e. The lowest BCUT2D eigenvalue weighted by Crippen LogP contribution is -2.31. The van der Waals surface area contributed by atoms with E-state index in [-0.39, 0.29) is 0 Å². The molecule has 2 atom stereocenters. The Morgan fingerprint density at radius 3 is 2.67 bits per heavy atom. The molecule has 2 N–H and O–H groups in total. The molecule has 15 heavy (non-hydrogen) atoms. The second-order valence-corrected chi connectivity index (χ2v) is 4.47. The van der Waals surface area contributed by atoms with E-state index < -0.39 is 6.10 Å². The molecular weight excluding hydrogens is 190 g/mol. The molecule has 3 heteroatoms. The summed E-state index contributed by atoms with van der Waals surface area (Å²) in [7, 11) is 0. The van der Waals surface area contributed by atoms with Gasteiger partial charge in [-0.25, -0.2) is 0 Å². The molecule has 0 aliphatic carbocycles. The molecule has 0 radical (unpaired) electrons. The summed E-state index contributed by atoms with van der Waals surface area (Å²) in [4.78, 5) is 0. The normalized spacial score (nSPS) is 15.5. The van der Waals surface area contributed by atoms with Gasteiger partial charge < -0.3 is 14.8 Å². The third-order valence-corrected chi connectivity index (χ3v) is 2.36. The van der Waals surface area contributed by atoms with Crippen LogP contribution in [0, 0.1) is 5.92 Å². The number of hydrogen-bond acceptors (Lipinski definition) is 3. The maximum atomic E-state index is 9.74. The minimum atomic E-state index is -0.547. The zero-order valence-corrected chi connectivity index (χ0v) is 9.73. The van der Waals surface area contributed by atoms with E-state index in [1.54, 1.807) is 18.4 Å². The SMILES string of the molecule is CC(C)CC(C)NCC(O)c1ccco1. The van der Waals surface area contributed by atoms with Crippen LogP contribution in [-0.2, 0) is 0 Å². The highest BCUT2D eigenvalue weighted by Gasteiger charge is 2.12. The first-order valence-electron chi connectivity index (χ1n) is 5.54. The molecule has 0 aliphatic heterocycles. The summed E-state index contributed by atoms with van der Waals surface area (Å²) >= 11 is 0. The van der Waals surface area contributed by atoms with Crippen molar-refractivity contribution in [2.75, 3.05) is 6.54 Å². The molecule has 1 aromatic rings. The maximum absolute atomic E-state index is 9.74. The highest BCUT2D eigenvalue weighted by atomic mass is 16.4. The lowest BCUT2D eigenvalue weighted by Gasteiger charge is -2.17. The molecule has 0 amide bonds. The van der Waals surface area contributed by atoms with Gasteiger partial charge in [-0.05, 0) is 31.4 Å². The van der Waals surface area contributed by atoms with Crippen LogP contribution in [0.3, 0.4) is 0 Å². The summed E-state index contributed by atoms with van der Waals surface area (Å²) < 4.78 is 5.12. The lowest BCUT2D eigenvalue weighted by molar-refractivity contribution is 0.143. The predicted octanol–water partition coefficient (Wildman–Crippen LogP) is 2.34. The Labute approximate surface area is 91.5 Å². The minimum absolute atomic E-state index is 0.426. The van der Waals surface area contributed by atoms with Crippen LogP contribution in [0.25, 0.3) is 0 Å². The first kappa shape index (κ1) is 12.3. The van der Waals surface area contributed by atoms with Crippen LogP contribution in [0.15, 0.2) is 22.8 Å². The van der Waals surface area contributed by atoms with Crippen LogP contribution < -0.4 is 5.32 Å². The van der Waals surface area contributed by atoms with E-state index in [0.29, 0.717) is 24.3 Å². The Bertz CT molecular complexity index is 257. The van der Waals surface area contributed by atoms with E-state index in [1.165, 1.54) is 0 Å². The number of aliphatic hydroxyl groups excluding tert-OH is 1. The van der Waals surface area contributed by atoms with Crippen LogP contribution in [0.1, 0.15) is 39.1 Å². The average molecular weight is 211 g/mol. The van der Waals surface area contributed by atoms with Gasteiger partial charge in [0.15, 0.2) is 0 Å². The summed E-state index contributed by atoms with van der Waals surface area (Å²) in [5, 5.41) is 13.0. The van der Waals surface area contributed by atoms with Crippen molar-refractivity contribution in [1.29, 1.82) is 0 Å². The molecule has 1 heterocycles. The van der Waals surface area contributed by atoms with Crippen LogP contribution in [0.5, 0.6) is 0 Å². The minimum Gasteiger partial charge on any atom is -0.467 e. The lowest BCUT2D eigenvalue weighted by atomic mass is 10.1. The second-order valence-electron chi connectivity index (χ2n) is 4.47. The van der Waals surface area contributed by atoms with E-state index in [2.05, 4.69) is 26.1 Å². The fourth-order valence-corrected chi connectivity index (χ4v) is 1.68. The highest BCUT2D eigenvalue weighted by Crippen LogP contribution is 2.12. The monoisotopic (exact) mass is 211 g/mol. The standard InChI is InChI=1S/C12H21NO2/c1-9(2)7-10(3)13-8-11(14)12-5-4-6-15-12/h4-6,9-11,13-14H,7-8H2,1-3H3. The summed E-state index contributed by atoms with van der Waals surface area (Å²) in [5.41, 5.74) is 0. The Hall–Kier alpha value is -0.800. The van der Waals surface area contributed by atoms with E-state index in [1.807, 2.05) is 0 Å². The molecule has 1 aromatic heterocycles. The third-order valence-electron chi connectivity index (χ3n) is 2.36. The van der Waals surface area contributed by atoms with Crippen LogP contribution in [-0.4, -0.2) is 17.7 Å². The summed E-state index contributed by atoms with van der Waals surface area (Å²) in [6.07, 6.45) is 2.15. The van der Waals surface area contributed by atoms with E-state index >= 15 is 0 Å². The van der Waals surface area contributed by atoms with Crippen LogP contribution >= 0.6 is 0 Å². The van der Waals surface area contributed by atoms with Crippen molar-refractivity contribution in [2.45, 2.75) is 39.3 Å². The Morgan fingerprint density at radius 1 is 1.40 bits per heavy atom. The van der Waals surface area contributed by atoms with Gasteiger partial charge in [0.1, 0.15) is 11.9 Å². The molecule has 2 unspecified atom stereocenters. The van der Waals surface area contributed by atoms with Crippen LogP contribution in [0.2, 0.25) is 0 Å². The number of rotatable bonds is 6. The van der Waals surface area contributed by atoms with Crippen molar-refractivity contribution in [1.82, 2.24) is 5.32 Å². The zero-order valence-electron chi connectivity index (χ0n) is 9.73. The van der Waals surface area contributed by atoms with Crippen molar-refractivity contribution >= 4 is 0 Å². The zero-order chi connectivity index (χ0) is 11.3. The topological polar surface area (TPSA) is 45.4 Å². The summed E-state index contributed by atoms with van der Waals surface area (Å²) in [6, 6.07) is 4.00. The molecule has 0 aliphatic rings. The van der Waals surface area contributed by atoms with Gasteiger partial charge in [0.2, 0.25) is 0 Å². The molecule has 86 valence electrons. The van der Waals surface area contributed by atoms with Gasteiger partial charge >= 0.3 is 0 Å². The van der Waals surface area contributed by atoms with Crippen LogP contribution in [0.4, 0.5) is 0 Å². The Morgan fingerprint density at radius 2 is 2.13 bits per heavy atom. The Kier molecular flexibility index (Phi) is 4.85. The molecule has 0 spiro atoms. The largest absolute Gasteiger partial charge is 0.467 e. The third kappa shape index (κ3) is 4.49. The molecule has 3 nitrogen and oxygen atoms in total. The molecule has 0 aromatic carbocycles. The van der Waals surface area contributed by atoms with Gasteiger partial charge in [-0.1, -0.05) is 13.8 Å². The number of hydrogen-bond donors (Lipinski definition) is 2. The maximum Gasteiger partial charge on any atom is 0.133 e. The van der Waals surface area contributed by atoms with Crippen molar-refractivity contribution < 1.29 is 9.52 Å². The van der Waals surface area contributed by atoms with Gasteiger partial charge in [0.05, 0.1) is 6.26 Å². The average Bonchev–Trinajstić information content (AvgIpc) is 2.65. The molecule has 0 bridgehead atoms. The van der Waals surface area contributed by atoms with Gasteiger partial charge in [-0.15, -0.1) is 0 Å². The van der Waals surface area contributed by atoms with Crippen molar-refractivity contribution in [2.24, 2.45) is 5.92 Å². The molecule has 0 fully saturated rings. The van der Waals surface area contributed by atoms with Crippen molar-refractivity contribution in [3.63, 3.8) is 0 Å². The fraction of sp³-hybridized carbons (Fsp3) is 0.667. The Balaban J connectivity index is 2.25. The summed E-state index contributed by atoms with van der Waals surface area (Å²) in [5.74, 6) is 1.30. The van der Waals surface area contributed by atoms with Crippen molar-refractivity contribution in [3.8, 4) is 0 Å². The number of aliphatic hydroxyl groups is 1. The first-order valence-corrected chi connectivity index (χ1v) is 5.54. The highest BCUT2D eigenvalue weighted by molar-refractivity contribution is 5.02. The second kappa shape index (κ2) is 5.93. The number of nitrogens with one attached hydrogen (secondary N) is 1. The fourth-order valence-electron chi connectivity index (χ4n) is 1.68. The molecule has 0 saturated heterocycles. The molecule has 1 rings (SSSR count). The van der Waals surface area contributed by atoms with Gasteiger partial charge in [0.25, 0.3) is 0 Å². The van der Waals surface area contributed by atoms with Gasteiger partial charge in [0, 0.05) is 12.6 Å². The summed E-state index contributed by atoms with van der Waals surface area (Å²) in [6.45, 7) is 7.07. The van der Waals surface area contributed by atoms with E-state index in [0.717, 1.165) is 6.42 Å². The number of furan rings is 1. The molecular formula is C12H21NO2.